The lowest BCUT2D eigenvalue weighted by Crippen LogP contribution is -2.36. The van der Waals surface area contributed by atoms with Crippen LogP contribution in [0.2, 0.25) is 0 Å². The Morgan fingerprint density at radius 1 is 1.00 bits per heavy atom. The fourth-order valence-corrected chi connectivity index (χ4v) is 4.36. The SMILES string of the molecule is O=C(Cc1ccc([N+](=O)[O-])cc1)Nc1ccc(Oc2ccc3c(c2)C(=O)N(CC2CCCO2)C3=O)cc1. The fraction of sp³-hybridized carbons (Fsp3) is 0.222. The van der Waals surface area contributed by atoms with Crippen LogP contribution in [0.4, 0.5) is 11.4 Å². The second-order valence-corrected chi connectivity index (χ2v) is 8.84. The second kappa shape index (κ2) is 10.2. The van der Waals surface area contributed by atoms with Crippen LogP contribution < -0.4 is 10.1 Å². The van der Waals surface area contributed by atoms with Gasteiger partial charge in [-0.3, -0.25) is 29.4 Å². The van der Waals surface area contributed by atoms with Crippen molar-refractivity contribution >= 4 is 29.1 Å². The molecule has 0 saturated carbocycles. The zero-order chi connectivity index (χ0) is 25.9. The van der Waals surface area contributed by atoms with Crippen molar-refractivity contribution in [2.24, 2.45) is 0 Å². The van der Waals surface area contributed by atoms with Crippen LogP contribution in [0.1, 0.15) is 39.1 Å². The van der Waals surface area contributed by atoms with Crippen LogP contribution >= 0.6 is 0 Å². The summed E-state index contributed by atoms with van der Waals surface area (Å²) < 4.78 is 11.4. The molecule has 3 amide bonds. The Kier molecular flexibility index (Phi) is 6.65. The van der Waals surface area contributed by atoms with Gasteiger partial charge in [0, 0.05) is 24.4 Å². The second-order valence-electron chi connectivity index (χ2n) is 8.84. The first-order valence-corrected chi connectivity index (χ1v) is 11.8. The molecule has 37 heavy (non-hydrogen) atoms. The highest BCUT2D eigenvalue weighted by molar-refractivity contribution is 6.21. The summed E-state index contributed by atoms with van der Waals surface area (Å²) in [5.74, 6) is -0.0464. The third kappa shape index (κ3) is 5.34. The van der Waals surface area contributed by atoms with Gasteiger partial charge in [-0.25, -0.2) is 0 Å². The third-order valence-electron chi connectivity index (χ3n) is 6.24. The van der Waals surface area contributed by atoms with Crippen LogP contribution in [-0.2, 0) is 16.0 Å². The van der Waals surface area contributed by atoms with Gasteiger partial charge in [-0.2, -0.15) is 0 Å². The van der Waals surface area contributed by atoms with Gasteiger partial charge in [0.15, 0.2) is 0 Å². The van der Waals surface area contributed by atoms with E-state index in [1.165, 1.54) is 17.0 Å². The lowest BCUT2D eigenvalue weighted by molar-refractivity contribution is -0.384. The summed E-state index contributed by atoms with van der Waals surface area (Å²) in [6.07, 6.45) is 1.71. The average Bonchev–Trinajstić information content (AvgIpc) is 3.48. The lowest BCUT2D eigenvalue weighted by Gasteiger charge is -2.17. The molecule has 1 saturated heterocycles. The Morgan fingerprint density at radius 2 is 1.70 bits per heavy atom. The van der Waals surface area contributed by atoms with Gasteiger partial charge in [-0.1, -0.05) is 12.1 Å². The van der Waals surface area contributed by atoms with Gasteiger partial charge >= 0.3 is 0 Å². The van der Waals surface area contributed by atoms with Crippen molar-refractivity contribution in [3.05, 3.63) is 93.5 Å². The number of nitro groups is 1. The monoisotopic (exact) mass is 501 g/mol. The number of nitro benzene ring substituents is 1. The summed E-state index contributed by atoms with van der Waals surface area (Å²) >= 11 is 0. The molecule has 1 fully saturated rings. The van der Waals surface area contributed by atoms with Crippen LogP contribution in [0.5, 0.6) is 11.5 Å². The molecule has 1 N–H and O–H groups in total. The number of rotatable bonds is 8. The number of anilines is 1. The summed E-state index contributed by atoms with van der Waals surface area (Å²) in [6, 6.07) is 17.3. The zero-order valence-electron chi connectivity index (χ0n) is 19.7. The summed E-state index contributed by atoms with van der Waals surface area (Å²) in [7, 11) is 0. The molecule has 3 aromatic rings. The molecule has 2 aliphatic rings. The standard InChI is InChI=1S/C27H23N3O7/c31-25(14-17-3-7-19(8-4-17)30(34)35)28-18-5-9-20(10-6-18)37-21-11-12-23-24(15-21)27(33)29(26(23)32)16-22-2-1-13-36-22/h3-12,15,22H,1-2,13-14,16H2,(H,28,31). The Labute approximate surface area is 211 Å². The number of nitrogens with zero attached hydrogens (tertiary/aromatic N) is 2. The first kappa shape index (κ1) is 24.1. The van der Waals surface area contributed by atoms with Crippen molar-refractivity contribution in [3.63, 3.8) is 0 Å². The quantitative estimate of drug-likeness (QED) is 0.276. The molecule has 1 unspecified atom stereocenters. The van der Waals surface area contributed by atoms with E-state index in [1.807, 2.05) is 0 Å². The minimum atomic E-state index is -0.491. The van der Waals surface area contributed by atoms with Gasteiger partial charge in [0.05, 0.1) is 35.1 Å². The molecule has 0 aromatic heterocycles. The number of nitrogens with one attached hydrogen (secondary N) is 1. The molecular formula is C27H23N3O7. The number of imide groups is 1. The third-order valence-corrected chi connectivity index (χ3v) is 6.24. The maximum Gasteiger partial charge on any atom is 0.269 e. The normalized spacial score (nSPS) is 16.5. The van der Waals surface area contributed by atoms with Gasteiger partial charge in [0.25, 0.3) is 17.5 Å². The highest BCUT2D eigenvalue weighted by atomic mass is 16.6. The number of non-ortho nitro benzene ring substituents is 1. The molecule has 1 atom stereocenters. The maximum absolute atomic E-state index is 12.8. The Bertz CT molecular complexity index is 1360. The van der Waals surface area contributed by atoms with Crippen molar-refractivity contribution in [2.75, 3.05) is 18.5 Å². The van der Waals surface area contributed by atoms with Crippen molar-refractivity contribution in [3.8, 4) is 11.5 Å². The highest BCUT2D eigenvalue weighted by Crippen LogP contribution is 2.31. The van der Waals surface area contributed by atoms with Crippen molar-refractivity contribution in [1.29, 1.82) is 0 Å². The Morgan fingerprint density at radius 3 is 2.38 bits per heavy atom. The predicted molar refractivity (Wildman–Crippen MR) is 133 cm³/mol. The van der Waals surface area contributed by atoms with E-state index in [1.54, 1.807) is 54.6 Å². The average molecular weight is 501 g/mol. The topological polar surface area (TPSA) is 128 Å². The van der Waals surface area contributed by atoms with E-state index in [9.17, 15) is 24.5 Å². The van der Waals surface area contributed by atoms with E-state index in [-0.39, 0.29) is 42.5 Å². The minimum Gasteiger partial charge on any atom is -0.457 e. The van der Waals surface area contributed by atoms with Crippen LogP contribution in [0.3, 0.4) is 0 Å². The number of ether oxygens (including phenoxy) is 2. The summed E-state index contributed by atoms with van der Waals surface area (Å²) in [5, 5.41) is 13.5. The van der Waals surface area contributed by atoms with Gasteiger partial charge in [0.2, 0.25) is 5.91 Å². The number of carbonyl (C=O) groups is 3. The number of hydrogen-bond donors (Lipinski definition) is 1. The van der Waals surface area contributed by atoms with Gasteiger partial charge in [-0.15, -0.1) is 0 Å². The molecule has 5 rings (SSSR count). The number of hydrogen-bond acceptors (Lipinski definition) is 7. The van der Waals surface area contributed by atoms with E-state index in [2.05, 4.69) is 5.32 Å². The smallest absolute Gasteiger partial charge is 0.269 e. The molecule has 10 heteroatoms. The molecular weight excluding hydrogens is 478 g/mol. The number of fused-ring (bicyclic) bond motifs is 1. The molecule has 188 valence electrons. The zero-order valence-corrected chi connectivity index (χ0v) is 19.7. The molecule has 0 spiro atoms. The Balaban J connectivity index is 1.19. The molecule has 0 radical (unpaired) electrons. The van der Waals surface area contributed by atoms with Gasteiger partial charge < -0.3 is 14.8 Å². The van der Waals surface area contributed by atoms with Gasteiger partial charge in [0.1, 0.15) is 11.5 Å². The van der Waals surface area contributed by atoms with E-state index in [0.29, 0.717) is 40.5 Å². The molecule has 0 bridgehead atoms. The highest BCUT2D eigenvalue weighted by Gasteiger charge is 2.37. The van der Waals surface area contributed by atoms with Gasteiger partial charge in [-0.05, 0) is 60.9 Å². The largest absolute Gasteiger partial charge is 0.457 e. The summed E-state index contributed by atoms with van der Waals surface area (Å²) in [6.45, 7) is 0.897. The number of benzene rings is 3. The van der Waals surface area contributed by atoms with Crippen LogP contribution in [0.15, 0.2) is 66.7 Å². The summed E-state index contributed by atoms with van der Waals surface area (Å²) in [4.78, 5) is 49.4. The minimum absolute atomic E-state index is 0.0323. The summed E-state index contributed by atoms with van der Waals surface area (Å²) in [5.41, 5.74) is 1.83. The van der Waals surface area contributed by atoms with Crippen molar-refractivity contribution in [2.45, 2.75) is 25.4 Å². The molecule has 2 heterocycles. The lowest BCUT2D eigenvalue weighted by atomic mass is 10.1. The van der Waals surface area contributed by atoms with E-state index >= 15 is 0 Å². The molecule has 0 aliphatic carbocycles. The van der Waals surface area contributed by atoms with Crippen LogP contribution in [-0.4, -0.2) is 46.8 Å². The Hall–Kier alpha value is -4.57. The molecule has 10 nitrogen and oxygen atoms in total. The van der Waals surface area contributed by atoms with E-state index in [0.717, 1.165) is 12.8 Å². The number of carbonyl (C=O) groups excluding carboxylic acids is 3. The van der Waals surface area contributed by atoms with Crippen LogP contribution in [0.25, 0.3) is 0 Å². The predicted octanol–water partition coefficient (Wildman–Crippen LogP) is 4.34. The van der Waals surface area contributed by atoms with Crippen molar-refractivity contribution in [1.82, 2.24) is 4.90 Å². The van der Waals surface area contributed by atoms with E-state index in [4.69, 9.17) is 9.47 Å². The van der Waals surface area contributed by atoms with Crippen LogP contribution in [0, 0.1) is 10.1 Å². The molecule has 3 aromatic carbocycles. The molecule has 2 aliphatic heterocycles. The van der Waals surface area contributed by atoms with Crippen molar-refractivity contribution < 1.29 is 28.8 Å². The maximum atomic E-state index is 12.8. The fourth-order valence-electron chi connectivity index (χ4n) is 4.36. The number of amides is 3. The first-order chi connectivity index (χ1) is 17.9. The first-order valence-electron chi connectivity index (χ1n) is 11.8. The van der Waals surface area contributed by atoms with E-state index < -0.39 is 4.92 Å².